The number of hydrogen-bond acceptors (Lipinski definition) is 16. The van der Waals surface area contributed by atoms with Crippen LogP contribution < -0.4 is 19.4 Å². The average Bonchev–Trinajstić information content (AvgIpc) is 4.09. The summed E-state index contributed by atoms with van der Waals surface area (Å²) >= 11 is 0. The number of fused-ring (bicyclic) bond motifs is 20. The average molecular weight is 962 g/mol. The molecule has 0 aliphatic carbocycles. The van der Waals surface area contributed by atoms with Crippen LogP contribution in [0.1, 0.15) is 0 Å². The molecule has 0 saturated carbocycles. The molecule has 0 unspecified atom stereocenters. The normalized spacial score (nSPS) is 11.7. The Balaban J connectivity index is 0.00000608. The Morgan fingerprint density at radius 3 is 1.00 bits per heavy atom. The van der Waals surface area contributed by atoms with Crippen molar-refractivity contribution in [1.82, 2.24) is 39.9 Å². The molecule has 2 aliphatic rings. The van der Waals surface area contributed by atoms with Crippen LogP contribution in [0.2, 0.25) is 0 Å². The maximum atomic E-state index is 8.88. The van der Waals surface area contributed by atoms with Gasteiger partial charge in [-0.3, -0.25) is 0 Å². The van der Waals surface area contributed by atoms with Crippen molar-refractivity contribution in [3.05, 3.63) is 84.9 Å². The number of aromatic nitrogens is 8. The van der Waals surface area contributed by atoms with Crippen LogP contribution in [0, 0.1) is 0 Å². The summed E-state index contributed by atoms with van der Waals surface area (Å²) in [5.74, 6) is 2.67. The van der Waals surface area contributed by atoms with E-state index >= 15 is 0 Å². The summed E-state index contributed by atoms with van der Waals surface area (Å²) in [5.41, 5.74) is 4.69. The first-order chi connectivity index (χ1) is 32.7. The molecule has 0 saturated heterocycles. The van der Waals surface area contributed by atoms with Gasteiger partial charge in [-0.25, -0.2) is 9.97 Å². The monoisotopic (exact) mass is 960 g/mol. The van der Waals surface area contributed by atoms with Crippen LogP contribution >= 0.6 is 0 Å². The standard InChI is InChI=1S/C48H48N8O10.Zn/c57-15-17-59-19-21-61-23-25-63-27-29-65-37-13-14-38(66-30-28-64-26-24-62-22-20-60-18-16-58)40-39(37)47-54-45-35-11-5-3-9-33(35)43(52-45)50-41-31-7-1-2-8-32(31)42(49-41)51-44-34-10-4-6-12-36(34)46(53-44)55-48(40)56-47;/h1-14,57-58H,15-30H2;/q-2;+2. The minimum absolute atomic E-state index is 0. The second-order valence-corrected chi connectivity index (χ2v) is 14.8. The molecule has 0 spiro atoms. The van der Waals surface area contributed by atoms with E-state index in [0.29, 0.717) is 121 Å². The van der Waals surface area contributed by atoms with Crippen LogP contribution in [0.15, 0.2) is 84.9 Å². The van der Waals surface area contributed by atoms with E-state index in [-0.39, 0.29) is 72.3 Å². The van der Waals surface area contributed by atoms with Gasteiger partial charge in [0.15, 0.2) is 0 Å². The zero-order chi connectivity index (χ0) is 44.9. The van der Waals surface area contributed by atoms with Crippen molar-refractivity contribution in [2.75, 3.05) is 106 Å². The Hall–Kier alpha value is -5.86. The van der Waals surface area contributed by atoms with E-state index in [0.717, 1.165) is 33.0 Å². The Morgan fingerprint density at radius 1 is 0.343 bits per heavy atom. The van der Waals surface area contributed by atoms with E-state index in [2.05, 4.69) is 0 Å². The van der Waals surface area contributed by atoms with Crippen LogP contribution in [-0.4, -0.2) is 146 Å². The third kappa shape index (κ3) is 11.3. The summed E-state index contributed by atoms with van der Waals surface area (Å²) in [6.45, 7) is 4.52. The molecule has 0 atom stereocenters. The topological polar surface area (TPSA) is 220 Å². The van der Waals surface area contributed by atoms with Crippen LogP contribution in [0.4, 0.5) is 0 Å². The van der Waals surface area contributed by atoms with Gasteiger partial charge in [0.05, 0.1) is 116 Å². The summed E-state index contributed by atoms with van der Waals surface area (Å²) in [4.78, 5) is 40.4. The molecule has 2 aliphatic heterocycles. The second-order valence-electron chi connectivity index (χ2n) is 14.8. The number of benzene rings is 4. The number of hydrogen-bond donors (Lipinski definition) is 2. The largest absolute Gasteiger partial charge is 2.00 e. The molecule has 342 valence electrons. The number of aliphatic hydroxyl groups is 2. The van der Waals surface area contributed by atoms with Crippen LogP contribution in [0.5, 0.6) is 11.5 Å². The van der Waals surface area contributed by atoms with Crippen molar-refractivity contribution in [1.29, 1.82) is 0 Å². The fraction of sp³-hybridized carbons (Fsp3) is 0.333. The Morgan fingerprint density at radius 2 is 0.642 bits per heavy atom. The van der Waals surface area contributed by atoms with E-state index in [1.165, 1.54) is 0 Å². The van der Waals surface area contributed by atoms with Crippen LogP contribution in [0.25, 0.3) is 89.7 Å². The van der Waals surface area contributed by atoms with Gasteiger partial charge in [-0.05, 0) is 22.9 Å². The molecule has 67 heavy (non-hydrogen) atoms. The molecule has 0 fully saturated rings. The molecule has 8 bridgehead atoms. The van der Waals surface area contributed by atoms with E-state index < -0.39 is 0 Å². The van der Waals surface area contributed by atoms with Gasteiger partial charge in [0, 0.05) is 55.6 Å². The molecule has 0 radical (unpaired) electrons. The van der Waals surface area contributed by atoms with Gasteiger partial charge in [0.25, 0.3) is 0 Å². The molecule has 2 N–H and O–H groups in total. The number of aliphatic hydroxyl groups excluding tert-OH is 2. The SMILES string of the molecule is OCCOCCOCCOCCOc1ccc(OCCOCCOCCOCCO)c2c3nc4nc(nc5[n-]c(nc6nc(nc([n-]3)c12)-c1ccccc1-6)c1ccccc51)-c1ccccc1-4.[Zn+2]. The van der Waals surface area contributed by atoms with Gasteiger partial charge < -0.3 is 78.0 Å². The van der Waals surface area contributed by atoms with Gasteiger partial charge >= 0.3 is 19.5 Å². The van der Waals surface area contributed by atoms with E-state index in [9.17, 15) is 0 Å². The first-order valence-electron chi connectivity index (χ1n) is 21.8. The molecule has 19 heteroatoms. The molecule has 4 aromatic carbocycles. The minimum atomic E-state index is -0.0290. The Bertz CT molecular complexity index is 2740. The fourth-order valence-electron chi connectivity index (χ4n) is 7.45. The van der Waals surface area contributed by atoms with Crippen molar-refractivity contribution in [3.8, 4) is 57.1 Å². The quantitative estimate of drug-likeness (QED) is 0.0603. The van der Waals surface area contributed by atoms with Gasteiger partial charge in [0.2, 0.25) is 0 Å². The zero-order valence-corrected chi connectivity index (χ0v) is 39.8. The molecular weight excluding hydrogens is 914 g/mol. The molecule has 9 rings (SSSR count). The van der Waals surface area contributed by atoms with Crippen molar-refractivity contribution in [3.63, 3.8) is 0 Å². The van der Waals surface area contributed by atoms with Crippen molar-refractivity contribution in [2.45, 2.75) is 0 Å². The van der Waals surface area contributed by atoms with E-state index in [4.69, 9.17) is 88.0 Å². The molecule has 0 amide bonds. The summed E-state index contributed by atoms with van der Waals surface area (Å²) < 4.78 is 46.1. The van der Waals surface area contributed by atoms with Crippen molar-refractivity contribution >= 4 is 44.1 Å². The third-order valence-corrected chi connectivity index (χ3v) is 10.4. The van der Waals surface area contributed by atoms with Crippen molar-refractivity contribution in [2.24, 2.45) is 0 Å². The molecular formula is C48H48N8O10Zn. The van der Waals surface area contributed by atoms with Gasteiger partial charge in [0.1, 0.15) is 24.7 Å². The number of ether oxygens (including phenoxy) is 8. The Labute approximate surface area is 397 Å². The first-order valence-corrected chi connectivity index (χ1v) is 21.8. The maximum Gasteiger partial charge on any atom is 2.00 e. The van der Waals surface area contributed by atoms with Gasteiger partial charge in [-0.15, -0.1) is 0 Å². The minimum Gasteiger partial charge on any atom is -0.490 e. The summed E-state index contributed by atoms with van der Waals surface area (Å²) in [5, 5.41) is 20.5. The number of nitrogens with zero attached hydrogens (tertiary/aromatic N) is 8. The second kappa shape index (κ2) is 23.7. The van der Waals surface area contributed by atoms with Gasteiger partial charge in [-0.2, -0.15) is 0 Å². The van der Waals surface area contributed by atoms with E-state index in [1.807, 2.05) is 84.9 Å². The predicted octanol–water partition coefficient (Wildman–Crippen LogP) is 4.97. The summed E-state index contributed by atoms with van der Waals surface area (Å²) in [6.07, 6.45) is 0. The zero-order valence-electron chi connectivity index (χ0n) is 36.8. The maximum absolute atomic E-state index is 8.88. The fourth-order valence-corrected chi connectivity index (χ4v) is 7.45. The van der Waals surface area contributed by atoms with Crippen LogP contribution in [0.3, 0.4) is 0 Å². The molecule has 3 aromatic heterocycles. The van der Waals surface area contributed by atoms with Crippen LogP contribution in [-0.2, 0) is 47.9 Å². The summed E-state index contributed by atoms with van der Waals surface area (Å²) in [6, 6.07) is 27.1. The van der Waals surface area contributed by atoms with E-state index in [1.54, 1.807) is 0 Å². The smallest absolute Gasteiger partial charge is 0.490 e. The predicted molar refractivity (Wildman–Crippen MR) is 244 cm³/mol. The van der Waals surface area contributed by atoms with Crippen molar-refractivity contribution < 1.29 is 67.6 Å². The Kier molecular flexibility index (Phi) is 16.9. The molecule has 18 nitrogen and oxygen atoms in total. The third-order valence-electron chi connectivity index (χ3n) is 10.4. The molecule has 5 heterocycles. The summed E-state index contributed by atoms with van der Waals surface area (Å²) in [7, 11) is 0. The first kappa shape index (κ1) is 47.6. The number of rotatable bonds is 24. The van der Waals surface area contributed by atoms with Gasteiger partial charge in [-0.1, -0.05) is 72.8 Å². The molecule has 7 aromatic rings.